The number of nitrogens with zero attached hydrogens (tertiary/aromatic N) is 5. The third-order valence-corrected chi connectivity index (χ3v) is 5.82. The number of tetrazole rings is 1. The van der Waals surface area contributed by atoms with Crippen molar-refractivity contribution in [2.75, 3.05) is 12.0 Å². The summed E-state index contributed by atoms with van der Waals surface area (Å²) in [6.07, 6.45) is 0. The lowest BCUT2D eigenvalue weighted by atomic mass is 10.0. The summed E-state index contributed by atoms with van der Waals surface area (Å²) in [5.74, 6) is 0.287. The van der Waals surface area contributed by atoms with Crippen LogP contribution in [0.25, 0.3) is 11.4 Å². The topological polar surface area (TPSA) is 102 Å². The Kier molecular flexibility index (Phi) is 8.07. The zero-order valence-electron chi connectivity index (χ0n) is 21.6. The fourth-order valence-corrected chi connectivity index (χ4v) is 4.02. The molecule has 10 heteroatoms. The first-order valence-corrected chi connectivity index (χ1v) is 12.4. The van der Waals surface area contributed by atoms with Crippen LogP contribution in [-0.2, 0) is 16.1 Å². The van der Waals surface area contributed by atoms with E-state index >= 15 is 0 Å². The Morgan fingerprint density at radius 2 is 1.66 bits per heavy atom. The second kappa shape index (κ2) is 11.4. The van der Waals surface area contributed by atoms with Crippen LogP contribution in [0, 0.1) is 0 Å². The molecule has 1 heterocycles. The Hall–Kier alpha value is -4.24. The van der Waals surface area contributed by atoms with Gasteiger partial charge in [0, 0.05) is 21.8 Å². The quantitative estimate of drug-likeness (QED) is 0.353. The lowest BCUT2D eigenvalue weighted by Crippen LogP contribution is -2.50. The number of ether oxygens (including phenoxy) is 1. The van der Waals surface area contributed by atoms with Gasteiger partial charge in [0.1, 0.15) is 18.3 Å². The molecule has 0 saturated heterocycles. The first kappa shape index (κ1) is 26.8. The van der Waals surface area contributed by atoms with E-state index < -0.39 is 11.6 Å². The van der Waals surface area contributed by atoms with Crippen molar-refractivity contribution < 1.29 is 14.3 Å². The standard InChI is InChI=1S/C28H29ClN6O3/c1-28(2,3)30-27(37)25(19-12-16-23(38-4)17-13-19)35(22-8-6-5-7-9-22)24(36)18-34-32-26(31-33-34)20-10-14-21(29)15-11-20/h5-17,25H,18H2,1-4H3,(H,30,37)/t25-/m0/s1. The maximum absolute atomic E-state index is 13.9. The maximum Gasteiger partial charge on any atom is 0.251 e. The average molecular weight is 533 g/mol. The van der Waals surface area contributed by atoms with E-state index in [9.17, 15) is 9.59 Å². The van der Waals surface area contributed by atoms with E-state index in [0.29, 0.717) is 33.4 Å². The molecule has 0 unspecified atom stereocenters. The van der Waals surface area contributed by atoms with Gasteiger partial charge in [-0.2, -0.15) is 4.80 Å². The second-order valence-electron chi connectivity index (χ2n) is 9.66. The number of aromatic nitrogens is 4. The van der Waals surface area contributed by atoms with E-state index in [1.807, 2.05) is 39.0 Å². The van der Waals surface area contributed by atoms with E-state index in [4.69, 9.17) is 16.3 Å². The molecule has 4 rings (SSSR count). The molecule has 1 atom stereocenters. The molecule has 1 aromatic heterocycles. The van der Waals surface area contributed by atoms with Crippen LogP contribution in [0.4, 0.5) is 5.69 Å². The highest BCUT2D eigenvalue weighted by Crippen LogP contribution is 2.30. The zero-order valence-corrected chi connectivity index (χ0v) is 22.4. The SMILES string of the molecule is COc1ccc([C@@H](C(=O)NC(C)(C)C)N(C(=O)Cn2nnc(-c3ccc(Cl)cc3)n2)c2ccccc2)cc1. The van der Waals surface area contributed by atoms with Gasteiger partial charge in [-0.1, -0.05) is 41.9 Å². The molecule has 4 aromatic rings. The van der Waals surface area contributed by atoms with Gasteiger partial charge < -0.3 is 10.1 Å². The highest BCUT2D eigenvalue weighted by atomic mass is 35.5. The van der Waals surface area contributed by atoms with Crippen molar-refractivity contribution in [3.8, 4) is 17.1 Å². The number of para-hydroxylation sites is 1. The molecule has 0 saturated carbocycles. The number of methoxy groups -OCH3 is 1. The Labute approximate surface area is 226 Å². The number of carbonyl (C=O) groups is 2. The Balaban J connectivity index is 1.72. The molecule has 0 aliphatic carbocycles. The first-order chi connectivity index (χ1) is 18.1. The highest BCUT2D eigenvalue weighted by molar-refractivity contribution is 6.30. The summed E-state index contributed by atoms with van der Waals surface area (Å²) in [5, 5.41) is 16.1. The zero-order chi connectivity index (χ0) is 27.3. The van der Waals surface area contributed by atoms with E-state index in [-0.39, 0.29) is 18.4 Å². The van der Waals surface area contributed by atoms with Gasteiger partial charge in [-0.25, -0.2) is 0 Å². The summed E-state index contributed by atoms with van der Waals surface area (Å²) in [4.78, 5) is 30.3. The lowest BCUT2D eigenvalue weighted by molar-refractivity contribution is -0.128. The predicted octanol–water partition coefficient (Wildman–Crippen LogP) is 4.69. The molecule has 0 spiro atoms. The summed E-state index contributed by atoms with van der Waals surface area (Å²) in [7, 11) is 1.57. The monoisotopic (exact) mass is 532 g/mol. The summed E-state index contributed by atoms with van der Waals surface area (Å²) in [5.41, 5.74) is 1.38. The molecule has 3 aromatic carbocycles. The number of amides is 2. The van der Waals surface area contributed by atoms with Gasteiger partial charge in [-0.05, 0) is 80.1 Å². The Bertz CT molecular complexity index is 1380. The van der Waals surface area contributed by atoms with Crippen molar-refractivity contribution in [3.05, 3.63) is 89.4 Å². The molecular weight excluding hydrogens is 504 g/mol. The van der Waals surface area contributed by atoms with Crippen LogP contribution in [-0.4, -0.2) is 44.7 Å². The Morgan fingerprint density at radius 1 is 1.00 bits per heavy atom. The van der Waals surface area contributed by atoms with Crippen LogP contribution in [0.15, 0.2) is 78.9 Å². The number of halogens is 1. The van der Waals surface area contributed by atoms with Crippen LogP contribution in [0.1, 0.15) is 32.4 Å². The van der Waals surface area contributed by atoms with Crippen molar-refractivity contribution in [3.63, 3.8) is 0 Å². The summed E-state index contributed by atoms with van der Waals surface area (Å²) in [6, 6.07) is 22.2. The van der Waals surface area contributed by atoms with Crippen LogP contribution >= 0.6 is 11.6 Å². The van der Waals surface area contributed by atoms with Crippen molar-refractivity contribution in [1.29, 1.82) is 0 Å². The largest absolute Gasteiger partial charge is 0.497 e. The number of nitrogens with one attached hydrogen (secondary N) is 1. The van der Waals surface area contributed by atoms with E-state index in [1.165, 1.54) is 9.70 Å². The average Bonchev–Trinajstić information content (AvgIpc) is 3.35. The number of benzene rings is 3. The number of hydrogen-bond donors (Lipinski definition) is 1. The first-order valence-electron chi connectivity index (χ1n) is 12.0. The summed E-state index contributed by atoms with van der Waals surface area (Å²) in [6.45, 7) is 5.44. The lowest BCUT2D eigenvalue weighted by Gasteiger charge is -2.33. The molecule has 9 nitrogen and oxygen atoms in total. The maximum atomic E-state index is 13.9. The van der Waals surface area contributed by atoms with Gasteiger partial charge in [-0.3, -0.25) is 14.5 Å². The normalized spacial score (nSPS) is 12.0. The van der Waals surface area contributed by atoms with E-state index in [0.717, 1.165) is 0 Å². The minimum atomic E-state index is -0.964. The number of carbonyl (C=O) groups excluding carboxylic acids is 2. The number of anilines is 1. The summed E-state index contributed by atoms with van der Waals surface area (Å²) < 4.78 is 5.29. The molecule has 0 fully saturated rings. The van der Waals surface area contributed by atoms with Crippen molar-refractivity contribution in [1.82, 2.24) is 25.5 Å². The van der Waals surface area contributed by atoms with Gasteiger partial charge in [0.15, 0.2) is 0 Å². The van der Waals surface area contributed by atoms with Crippen LogP contribution in [0.5, 0.6) is 5.75 Å². The molecule has 2 amide bonds. The molecule has 1 N–H and O–H groups in total. The smallest absolute Gasteiger partial charge is 0.251 e. The number of rotatable bonds is 8. The second-order valence-corrected chi connectivity index (χ2v) is 10.1. The van der Waals surface area contributed by atoms with Gasteiger partial charge in [0.2, 0.25) is 11.7 Å². The molecule has 0 radical (unpaired) electrons. The van der Waals surface area contributed by atoms with Crippen LogP contribution in [0.3, 0.4) is 0 Å². The highest BCUT2D eigenvalue weighted by Gasteiger charge is 2.34. The molecule has 0 bridgehead atoms. The van der Waals surface area contributed by atoms with Crippen molar-refractivity contribution >= 4 is 29.1 Å². The van der Waals surface area contributed by atoms with Gasteiger partial charge in [-0.15, -0.1) is 10.2 Å². The molecule has 0 aliphatic rings. The van der Waals surface area contributed by atoms with Crippen LogP contribution < -0.4 is 15.0 Å². The molecule has 196 valence electrons. The fourth-order valence-electron chi connectivity index (χ4n) is 3.89. The molecule has 0 aliphatic heterocycles. The predicted molar refractivity (Wildman–Crippen MR) is 146 cm³/mol. The third kappa shape index (κ3) is 6.54. The number of hydrogen-bond acceptors (Lipinski definition) is 6. The summed E-state index contributed by atoms with van der Waals surface area (Å²) >= 11 is 5.98. The minimum Gasteiger partial charge on any atom is -0.497 e. The van der Waals surface area contributed by atoms with E-state index in [2.05, 4.69) is 20.7 Å². The fraction of sp³-hybridized carbons (Fsp3) is 0.250. The third-order valence-electron chi connectivity index (χ3n) is 5.57. The van der Waals surface area contributed by atoms with Crippen molar-refractivity contribution in [2.24, 2.45) is 0 Å². The Morgan fingerprint density at radius 3 is 2.26 bits per heavy atom. The molecule has 38 heavy (non-hydrogen) atoms. The molecular formula is C28H29ClN6O3. The van der Waals surface area contributed by atoms with Crippen molar-refractivity contribution in [2.45, 2.75) is 38.9 Å². The van der Waals surface area contributed by atoms with Gasteiger partial charge in [0.05, 0.1) is 7.11 Å². The van der Waals surface area contributed by atoms with Gasteiger partial charge in [0.25, 0.3) is 5.91 Å². The van der Waals surface area contributed by atoms with Gasteiger partial charge >= 0.3 is 0 Å². The van der Waals surface area contributed by atoms with E-state index in [1.54, 1.807) is 67.8 Å². The minimum absolute atomic E-state index is 0.231. The van der Waals surface area contributed by atoms with Crippen LogP contribution in [0.2, 0.25) is 5.02 Å².